The summed E-state index contributed by atoms with van der Waals surface area (Å²) in [6, 6.07) is 2.70. The summed E-state index contributed by atoms with van der Waals surface area (Å²) in [5, 5.41) is 14.0. The SMILES string of the molecule is CCC[C@@H](NC(=O)NCCc1ccc(Br)s1)C(=O)O. The van der Waals surface area contributed by atoms with E-state index in [1.807, 2.05) is 19.1 Å². The molecule has 0 aliphatic heterocycles. The van der Waals surface area contributed by atoms with Gasteiger partial charge in [-0.3, -0.25) is 0 Å². The molecule has 106 valence electrons. The van der Waals surface area contributed by atoms with Crippen LogP contribution in [0.3, 0.4) is 0 Å². The number of rotatable bonds is 7. The number of carboxylic acids is 1. The molecule has 1 aromatic heterocycles. The molecule has 19 heavy (non-hydrogen) atoms. The Morgan fingerprint density at radius 2 is 2.21 bits per heavy atom. The number of carboxylic acid groups (broad SMARTS) is 1. The molecule has 5 nitrogen and oxygen atoms in total. The lowest BCUT2D eigenvalue weighted by molar-refractivity contribution is -0.139. The molecule has 1 atom stereocenters. The number of thiophene rings is 1. The number of hydrogen-bond donors (Lipinski definition) is 3. The zero-order valence-corrected chi connectivity index (χ0v) is 13.0. The first-order valence-corrected chi connectivity index (χ1v) is 7.65. The summed E-state index contributed by atoms with van der Waals surface area (Å²) < 4.78 is 1.06. The van der Waals surface area contributed by atoms with Crippen LogP contribution in [0.5, 0.6) is 0 Å². The van der Waals surface area contributed by atoms with Gasteiger partial charge in [0.25, 0.3) is 0 Å². The second kappa shape index (κ2) is 8.16. The molecule has 0 bridgehead atoms. The Hall–Kier alpha value is -1.08. The maximum absolute atomic E-state index is 11.5. The van der Waals surface area contributed by atoms with E-state index in [1.165, 1.54) is 0 Å². The van der Waals surface area contributed by atoms with E-state index in [4.69, 9.17) is 5.11 Å². The molecule has 0 aliphatic rings. The van der Waals surface area contributed by atoms with Crippen molar-refractivity contribution in [3.05, 3.63) is 20.8 Å². The van der Waals surface area contributed by atoms with Gasteiger partial charge in [-0.25, -0.2) is 9.59 Å². The van der Waals surface area contributed by atoms with Crippen LogP contribution >= 0.6 is 27.3 Å². The fourth-order valence-electron chi connectivity index (χ4n) is 1.54. The molecule has 1 rings (SSSR count). The topological polar surface area (TPSA) is 78.4 Å². The third-order valence-corrected chi connectivity index (χ3v) is 4.15. The largest absolute Gasteiger partial charge is 0.480 e. The van der Waals surface area contributed by atoms with Gasteiger partial charge >= 0.3 is 12.0 Å². The quantitative estimate of drug-likeness (QED) is 0.708. The highest BCUT2D eigenvalue weighted by molar-refractivity contribution is 9.11. The highest BCUT2D eigenvalue weighted by Crippen LogP contribution is 2.21. The molecular formula is C12H17BrN2O3S. The first-order valence-electron chi connectivity index (χ1n) is 6.04. The maximum atomic E-state index is 11.5. The first-order chi connectivity index (χ1) is 9.02. The smallest absolute Gasteiger partial charge is 0.326 e. The van der Waals surface area contributed by atoms with Gasteiger partial charge in [-0.05, 0) is 40.9 Å². The lowest BCUT2D eigenvalue weighted by atomic mass is 10.2. The standard InChI is InChI=1S/C12H17BrN2O3S/c1-2-3-9(11(16)17)15-12(18)14-7-6-8-4-5-10(13)19-8/h4-5,9H,2-3,6-7H2,1H3,(H,16,17)(H2,14,15,18)/t9-/m1/s1. The Kier molecular flexibility index (Phi) is 6.86. The van der Waals surface area contributed by atoms with Crippen LogP contribution in [0.15, 0.2) is 15.9 Å². The Bertz CT molecular complexity index is 436. The minimum absolute atomic E-state index is 0.431. The van der Waals surface area contributed by atoms with Crippen molar-refractivity contribution in [2.75, 3.05) is 6.54 Å². The van der Waals surface area contributed by atoms with Crippen LogP contribution in [0, 0.1) is 0 Å². The number of aliphatic carboxylic acids is 1. The van der Waals surface area contributed by atoms with E-state index in [1.54, 1.807) is 11.3 Å². The average Bonchev–Trinajstić information content (AvgIpc) is 2.74. The normalized spacial score (nSPS) is 11.9. The summed E-state index contributed by atoms with van der Waals surface area (Å²) in [6.45, 7) is 2.36. The maximum Gasteiger partial charge on any atom is 0.326 e. The van der Waals surface area contributed by atoms with Crippen LogP contribution in [0.4, 0.5) is 4.79 Å². The molecule has 3 N–H and O–H groups in total. The summed E-state index contributed by atoms with van der Waals surface area (Å²) in [5.41, 5.74) is 0. The van der Waals surface area contributed by atoms with Crippen LogP contribution in [0.25, 0.3) is 0 Å². The number of hydrogen-bond acceptors (Lipinski definition) is 3. The summed E-state index contributed by atoms with van der Waals surface area (Å²) in [6.07, 6.45) is 1.87. The second-order valence-corrected chi connectivity index (χ2v) is 6.58. The van der Waals surface area contributed by atoms with Gasteiger partial charge in [0.1, 0.15) is 6.04 Å². The molecule has 1 aromatic rings. The van der Waals surface area contributed by atoms with Crippen LogP contribution in [0.2, 0.25) is 0 Å². The number of carbonyl (C=O) groups is 2. The molecule has 0 unspecified atom stereocenters. The van der Waals surface area contributed by atoms with Gasteiger partial charge in [0.05, 0.1) is 3.79 Å². The minimum atomic E-state index is -1.00. The molecule has 7 heteroatoms. The van der Waals surface area contributed by atoms with E-state index in [0.717, 1.165) is 15.1 Å². The minimum Gasteiger partial charge on any atom is -0.480 e. The van der Waals surface area contributed by atoms with Gasteiger partial charge in [0.2, 0.25) is 0 Å². The van der Waals surface area contributed by atoms with E-state index in [-0.39, 0.29) is 0 Å². The molecule has 2 amide bonds. The summed E-state index contributed by atoms with van der Waals surface area (Å²) in [4.78, 5) is 23.6. The molecular weight excluding hydrogens is 332 g/mol. The molecule has 0 aromatic carbocycles. The average molecular weight is 349 g/mol. The van der Waals surface area contributed by atoms with Crippen molar-refractivity contribution in [2.45, 2.75) is 32.2 Å². The van der Waals surface area contributed by atoms with Gasteiger partial charge in [0, 0.05) is 11.4 Å². The van der Waals surface area contributed by atoms with Crippen LogP contribution in [0.1, 0.15) is 24.6 Å². The van der Waals surface area contributed by atoms with Crippen molar-refractivity contribution in [3.63, 3.8) is 0 Å². The van der Waals surface area contributed by atoms with E-state index < -0.39 is 18.0 Å². The van der Waals surface area contributed by atoms with Gasteiger partial charge in [0.15, 0.2) is 0 Å². The molecule has 0 radical (unpaired) electrons. The summed E-state index contributed by atoms with van der Waals surface area (Å²) in [7, 11) is 0. The molecule has 0 spiro atoms. The van der Waals surface area contributed by atoms with Gasteiger partial charge in [-0.1, -0.05) is 13.3 Å². The highest BCUT2D eigenvalue weighted by atomic mass is 79.9. The van der Waals surface area contributed by atoms with Crippen molar-refractivity contribution >= 4 is 39.3 Å². The Balaban J connectivity index is 2.28. The van der Waals surface area contributed by atoms with E-state index in [2.05, 4.69) is 26.6 Å². The number of urea groups is 1. The number of carbonyl (C=O) groups excluding carboxylic acids is 1. The molecule has 0 aliphatic carbocycles. The van der Waals surface area contributed by atoms with Gasteiger partial charge in [-0.2, -0.15) is 0 Å². The predicted molar refractivity (Wildman–Crippen MR) is 78.6 cm³/mol. The summed E-state index contributed by atoms with van der Waals surface area (Å²) >= 11 is 4.99. The molecule has 0 saturated heterocycles. The number of nitrogens with one attached hydrogen (secondary N) is 2. The van der Waals surface area contributed by atoms with E-state index in [0.29, 0.717) is 19.4 Å². The zero-order valence-electron chi connectivity index (χ0n) is 10.6. The van der Waals surface area contributed by atoms with E-state index >= 15 is 0 Å². The van der Waals surface area contributed by atoms with Crippen molar-refractivity contribution in [3.8, 4) is 0 Å². The third-order valence-electron chi connectivity index (χ3n) is 2.47. The first kappa shape index (κ1) is 16.0. The number of halogens is 1. The highest BCUT2D eigenvalue weighted by Gasteiger charge is 2.18. The van der Waals surface area contributed by atoms with Gasteiger partial charge in [-0.15, -0.1) is 11.3 Å². The van der Waals surface area contributed by atoms with Gasteiger partial charge < -0.3 is 15.7 Å². The molecule has 0 saturated carbocycles. The fraction of sp³-hybridized carbons (Fsp3) is 0.500. The monoisotopic (exact) mass is 348 g/mol. The molecule has 0 fully saturated rings. The van der Waals surface area contributed by atoms with Crippen LogP contribution < -0.4 is 10.6 Å². The molecule has 1 heterocycles. The predicted octanol–water partition coefficient (Wildman–Crippen LogP) is 2.61. The second-order valence-electron chi connectivity index (χ2n) is 4.04. The van der Waals surface area contributed by atoms with Crippen molar-refractivity contribution in [2.24, 2.45) is 0 Å². The Morgan fingerprint density at radius 1 is 1.47 bits per heavy atom. The third kappa shape index (κ3) is 6.07. The number of amides is 2. The van der Waals surface area contributed by atoms with Crippen LogP contribution in [-0.2, 0) is 11.2 Å². The zero-order chi connectivity index (χ0) is 14.3. The van der Waals surface area contributed by atoms with Crippen LogP contribution in [-0.4, -0.2) is 29.7 Å². The van der Waals surface area contributed by atoms with Crippen molar-refractivity contribution in [1.29, 1.82) is 0 Å². The lowest BCUT2D eigenvalue weighted by Crippen LogP contribution is -2.46. The van der Waals surface area contributed by atoms with E-state index in [9.17, 15) is 9.59 Å². The lowest BCUT2D eigenvalue weighted by Gasteiger charge is -2.14. The Labute approximate surface area is 124 Å². The Morgan fingerprint density at radius 3 is 2.74 bits per heavy atom. The van der Waals surface area contributed by atoms with Crippen molar-refractivity contribution < 1.29 is 14.7 Å². The fourth-order valence-corrected chi connectivity index (χ4v) is 3.02. The van der Waals surface area contributed by atoms with Crippen molar-refractivity contribution in [1.82, 2.24) is 10.6 Å². The summed E-state index contributed by atoms with van der Waals surface area (Å²) in [5.74, 6) is -1.00.